The number of rotatable bonds is 6. The fraction of sp³-hybridized carbons (Fsp3) is 0.909. The number of carboxylic acids is 1. The van der Waals surface area contributed by atoms with E-state index < -0.39 is 11.5 Å². The normalized spacial score (nSPS) is 22.8. The van der Waals surface area contributed by atoms with Gasteiger partial charge in [-0.15, -0.1) is 0 Å². The zero-order valence-corrected chi connectivity index (χ0v) is 9.18. The molecule has 0 saturated heterocycles. The lowest BCUT2D eigenvalue weighted by molar-refractivity contribution is -0.143. The van der Waals surface area contributed by atoms with Gasteiger partial charge in [-0.25, -0.2) is 0 Å². The van der Waals surface area contributed by atoms with Crippen LogP contribution in [0, 0.1) is 5.41 Å². The van der Waals surface area contributed by atoms with E-state index >= 15 is 0 Å². The minimum Gasteiger partial charge on any atom is -0.480 e. The summed E-state index contributed by atoms with van der Waals surface area (Å²) in [7, 11) is 0. The summed E-state index contributed by atoms with van der Waals surface area (Å²) >= 11 is 0. The first kappa shape index (κ1) is 11.5. The number of nitrogens with two attached hydrogens (primary N) is 1. The van der Waals surface area contributed by atoms with E-state index in [0.29, 0.717) is 6.42 Å². The molecule has 3 nitrogen and oxygen atoms in total. The summed E-state index contributed by atoms with van der Waals surface area (Å²) in [6.07, 6.45) is 6.46. The molecule has 0 aromatic rings. The van der Waals surface area contributed by atoms with Gasteiger partial charge in [-0.05, 0) is 38.0 Å². The molecule has 0 bridgehead atoms. The van der Waals surface area contributed by atoms with Crippen molar-refractivity contribution < 1.29 is 9.90 Å². The molecule has 0 amide bonds. The van der Waals surface area contributed by atoms with Gasteiger partial charge in [-0.2, -0.15) is 0 Å². The van der Waals surface area contributed by atoms with Crippen LogP contribution in [0.3, 0.4) is 0 Å². The van der Waals surface area contributed by atoms with Crippen LogP contribution < -0.4 is 5.73 Å². The van der Waals surface area contributed by atoms with Crippen LogP contribution in [0.2, 0.25) is 0 Å². The van der Waals surface area contributed by atoms with Crippen molar-refractivity contribution in [1.82, 2.24) is 0 Å². The van der Waals surface area contributed by atoms with Crippen LogP contribution in [0.4, 0.5) is 0 Å². The zero-order valence-electron chi connectivity index (χ0n) is 9.18. The highest BCUT2D eigenvalue weighted by atomic mass is 16.4. The Labute approximate surface area is 85.7 Å². The molecule has 1 saturated carbocycles. The Morgan fingerprint density at radius 3 is 2.50 bits per heavy atom. The van der Waals surface area contributed by atoms with Crippen molar-refractivity contribution in [2.24, 2.45) is 11.1 Å². The van der Waals surface area contributed by atoms with E-state index in [1.807, 2.05) is 0 Å². The number of hydrogen-bond donors (Lipinski definition) is 2. The van der Waals surface area contributed by atoms with Gasteiger partial charge < -0.3 is 10.8 Å². The lowest BCUT2D eigenvalue weighted by Gasteiger charge is -2.25. The van der Waals surface area contributed by atoms with E-state index in [1.165, 1.54) is 12.8 Å². The Kier molecular flexibility index (Phi) is 3.20. The van der Waals surface area contributed by atoms with E-state index in [0.717, 1.165) is 19.3 Å². The van der Waals surface area contributed by atoms with E-state index in [1.54, 1.807) is 6.92 Å². The summed E-state index contributed by atoms with van der Waals surface area (Å²) in [5.41, 5.74) is 4.98. The highest BCUT2D eigenvalue weighted by Crippen LogP contribution is 2.54. The standard InChI is InChI=1S/C11H21NO2/c1-3-4-5-11(6-7-11)8-10(2,12)9(13)14/h3-8,12H2,1-2H3,(H,13,14). The van der Waals surface area contributed by atoms with Crippen molar-refractivity contribution >= 4 is 5.97 Å². The highest BCUT2D eigenvalue weighted by molar-refractivity contribution is 5.78. The van der Waals surface area contributed by atoms with E-state index in [4.69, 9.17) is 10.8 Å². The molecule has 3 heteroatoms. The average Bonchev–Trinajstić information content (AvgIpc) is 2.81. The van der Waals surface area contributed by atoms with Crippen LogP contribution in [-0.4, -0.2) is 16.6 Å². The number of hydrogen-bond acceptors (Lipinski definition) is 2. The topological polar surface area (TPSA) is 63.3 Å². The molecule has 14 heavy (non-hydrogen) atoms. The van der Waals surface area contributed by atoms with Gasteiger partial charge in [0.05, 0.1) is 0 Å². The van der Waals surface area contributed by atoms with Crippen LogP contribution in [0.1, 0.15) is 52.4 Å². The molecule has 3 N–H and O–H groups in total. The highest BCUT2D eigenvalue weighted by Gasteiger charge is 2.47. The first-order valence-corrected chi connectivity index (χ1v) is 5.44. The Balaban J connectivity index is 2.46. The Bertz CT molecular complexity index is 219. The largest absolute Gasteiger partial charge is 0.480 e. The number of carbonyl (C=O) groups is 1. The van der Waals surface area contributed by atoms with Crippen molar-refractivity contribution in [3.63, 3.8) is 0 Å². The minimum atomic E-state index is -1.04. The molecule has 0 heterocycles. The van der Waals surface area contributed by atoms with E-state index in [9.17, 15) is 4.79 Å². The molecule has 1 aliphatic rings. The molecule has 0 aromatic heterocycles. The summed E-state index contributed by atoms with van der Waals surface area (Å²) in [5.74, 6) is -0.875. The number of aliphatic carboxylic acids is 1. The van der Waals surface area contributed by atoms with Gasteiger partial charge in [-0.3, -0.25) is 4.79 Å². The maximum absolute atomic E-state index is 10.9. The molecule has 1 atom stereocenters. The molecule has 0 spiro atoms. The van der Waals surface area contributed by atoms with Crippen molar-refractivity contribution in [2.45, 2.75) is 57.9 Å². The van der Waals surface area contributed by atoms with Crippen LogP contribution in [-0.2, 0) is 4.79 Å². The monoisotopic (exact) mass is 199 g/mol. The van der Waals surface area contributed by atoms with Gasteiger partial charge in [0.25, 0.3) is 0 Å². The molecule has 0 radical (unpaired) electrons. The second-order valence-electron chi connectivity index (χ2n) is 5.00. The van der Waals surface area contributed by atoms with Gasteiger partial charge >= 0.3 is 5.97 Å². The number of unbranched alkanes of at least 4 members (excludes halogenated alkanes) is 1. The Hall–Kier alpha value is -0.570. The molecule has 82 valence electrons. The van der Waals surface area contributed by atoms with Crippen LogP contribution in [0.25, 0.3) is 0 Å². The Morgan fingerprint density at radius 2 is 2.14 bits per heavy atom. The second kappa shape index (κ2) is 3.89. The molecule has 1 rings (SSSR count). The van der Waals surface area contributed by atoms with Gasteiger partial charge in [0.15, 0.2) is 0 Å². The third-order valence-electron chi connectivity index (χ3n) is 3.25. The summed E-state index contributed by atoms with van der Waals surface area (Å²) in [4.78, 5) is 10.9. The fourth-order valence-electron chi connectivity index (χ4n) is 2.10. The minimum absolute atomic E-state index is 0.262. The zero-order chi connectivity index (χ0) is 10.8. The van der Waals surface area contributed by atoms with Crippen molar-refractivity contribution in [2.75, 3.05) is 0 Å². The van der Waals surface area contributed by atoms with Crippen LogP contribution in [0.15, 0.2) is 0 Å². The van der Waals surface area contributed by atoms with Crippen LogP contribution in [0.5, 0.6) is 0 Å². The van der Waals surface area contributed by atoms with E-state index in [-0.39, 0.29) is 5.41 Å². The van der Waals surface area contributed by atoms with Crippen LogP contribution >= 0.6 is 0 Å². The third kappa shape index (κ3) is 2.71. The summed E-state index contributed by atoms with van der Waals surface area (Å²) in [5, 5.41) is 8.93. The molecule has 1 fully saturated rings. The summed E-state index contributed by atoms with van der Waals surface area (Å²) in [6, 6.07) is 0. The average molecular weight is 199 g/mol. The first-order valence-electron chi connectivity index (χ1n) is 5.44. The van der Waals surface area contributed by atoms with Crippen molar-refractivity contribution in [3.8, 4) is 0 Å². The van der Waals surface area contributed by atoms with E-state index in [2.05, 4.69) is 6.92 Å². The molecule has 0 aliphatic heterocycles. The quantitative estimate of drug-likeness (QED) is 0.689. The SMILES string of the molecule is CCCCC1(CC(C)(N)C(=O)O)CC1. The lowest BCUT2D eigenvalue weighted by atomic mass is 9.84. The summed E-state index contributed by atoms with van der Waals surface area (Å²) < 4.78 is 0. The van der Waals surface area contributed by atoms with Gasteiger partial charge in [0.1, 0.15) is 5.54 Å². The predicted octanol–water partition coefficient (Wildman–Crippen LogP) is 2.15. The third-order valence-corrected chi connectivity index (χ3v) is 3.25. The number of carboxylic acid groups (broad SMARTS) is 1. The molecule has 1 unspecified atom stereocenters. The molecule has 1 aliphatic carbocycles. The molecule has 0 aromatic carbocycles. The van der Waals surface area contributed by atoms with Crippen molar-refractivity contribution in [1.29, 1.82) is 0 Å². The van der Waals surface area contributed by atoms with Gasteiger partial charge in [0, 0.05) is 0 Å². The smallest absolute Gasteiger partial charge is 0.323 e. The maximum Gasteiger partial charge on any atom is 0.323 e. The predicted molar refractivity (Wildman–Crippen MR) is 56.0 cm³/mol. The fourth-order valence-corrected chi connectivity index (χ4v) is 2.10. The molecular weight excluding hydrogens is 178 g/mol. The Morgan fingerprint density at radius 1 is 1.57 bits per heavy atom. The van der Waals surface area contributed by atoms with Crippen molar-refractivity contribution in [3.05, 3.63) is 0 Å². The second-order valence-corrected chi connectivity index (χ2v) is 5.00. The van der Waals surface area contributed by atoms with Gasteiger partial charge in [-0.1, -0.05) is 19.8 Å². The summed E-state index contributed by atoms with van der Waals surface area (Å²) in [6.45, 7) is 3.79. The van der Waals surface area contributed by atoms with Gasteiger partial charge in [0.2, 0.25) is 0 Å². The maximum atomic E-state index is 10.9. The lowest BCUT2D eigenvalue weighted by Crippen LogP contribution is -2.46. The first-order chi connectivity index (χ1) is 6.42. The molecular formula is C11H21NO2.